The second kappa shape index (κ2) is 10.7. The highest BCUT2D eigenvalue weighted by molar-refractivity contribution is 6.18. The standard InChI is InChI=1S/C39H46O9/c1-19(2)23-12-13-37(7)17-25(23)28-31(42)29-30(41)26-15-22-16-27-36(5,6)48-38(34(22)43,14-11-21(4)35(44)45-8)39(26,27)47-33(29)24(32(28)46-37)10-9-20(3)18-40/h9,11,15,22-23,25,27,40,42H,1,10,12-14,16-18H2,2-8H3/b20-9+,21-11-/t22-,23?,25?,27-,37-,38+,39-/m1/s1. The van der Waals surface area contributed by atoms with Gasteiger partial charge in [0, 0.05) is 46.4 Å². The number of aromatic hydroxyl groups is 1. The number of ether oxygens (including phenoxy) is 4. The molecule has 2 unspecified atom stereocenters. The van der Waals surface area contributed by atoms with Crippen molar-refractivity contribution in [2.24, 2.45) is 17.8 Å². The lowest BCUT2D eigenvalue weighted by atomic mass is 9.51. The van der Waals surface area contributed by atoms with Crippen molar-refractivity contribution in [3.8, 4) is 17.2 Å². The van der Waals surface area contributed by atoms with Gasteiger partial charge in [0.15, 0.2) is 22.8 Å². The average Bonchev–Trinajstić information content (AvgIpc) is 3.19. The average molecular weight is 659 g/mol. The van der Waals surface area contributed by atoms with E-state index in [9.17, 15) is 19.8 Å². The van der Waals surface area contributed by atoms with E-state index in [1.165, 1.54) is 7.11 Å². The highest BCUT2D eigenvalue weighted by atomic mass is 16.6. The van der Waals surface area contributed by atoms with Gasteiger partial charge in [-0.25, -0.2) is 4.79 Å². The number of ketones is 2. The number of rotatable bonds is 7. The van der Waals surface area contributed by atoms with Crippen molar-refractivity contribution in [2.45, 2.75) is 108 Å². The highest BCUT2D eigenvalue weighted by Crippen LogP contribution is 2.69. The Morgan fingerprint density at radius 1 is 1.12 bits per heavy atom. The van der Waals surface area contributed by atoms with E-state index < -0.39 is 40.1 Å². The van der Waals surface area contributed by atoms with E-state index in [-0.39, 0.29) is 60.0 Å². The van der Waals surface area contributed by atoms with Crippen molar-refractivity contribution < 1.29 is 43.5 Å². The number of fused-ring (bicyclic) bond motifs is 5. The van der Waals surface area contributed by atoms with Gasteiger partial charge in [-0.05, 0) is 79.6 Å². The molecule has 7 atom stereocenters. The van der Waals surface area contributed by atoms with E-state index >= 15 is 4.79 Å². The molecule has 6 bridgehead atoms. The zero-order valence-electron chi connectivity index (χ0n) is 29.0. The smallest absolute Gasteiger partial charge is 0.333 e. The Kier molecular flexibility index (Phi) is 7.29. The third-order valence-corrected chi connectivity index (χ3v) is 12.2. The van der Waals surface area contributed by atoms with E-state index in [0.717, 1.165) is 24.0 Å². The van der Waals surface area contributed by atoms with Crippen LogP contribution in [0.15, 0.2) is 47.1 Å². The molecule has 48 heavy (non-hydrogen) atoms. The fourth-order valence-electron chi connectivity index (χ4n) is 9.85. The lowest BCUT2D eigenvalue weighted by molar-refractivity contribution is -0.171. The summed E-state index contributed by atoms with van der Waals surface area (Å²) in [6.07, 6.45) is 8.27. The summed E-state index contributed by atoms with van der Waals surface area (Å²) in [5.74, 6) is -1.57. The summed E-state index contributed by atoms with van der Waals surface area (Å²) in [6, 6.07) is 0. The molecule has 3 heterocycles. The van der Waals surface area contributed by atoms with E-state index in [1.54, 1.807) is 19.1 Å². The Hall–Kier alpha value is -3.69. The lowest BCUT2D eigenvalue weighted by Crippen LogP contribution is -2.72. The van der Waals surface area contributed by atoms with Crippen LogP contribution in [0.4, 0.5) is 0 Å². The minimum Gasteiger partial charge on any atom is -0.507 e. The van der Waals surface area contributed by atoms with Gasteiger partial charge in [-0.15, -0.1) is 0 Å². The number of hydrogen-bond donors (Lipinski definition) is 2. The third-order valence-electron chi connectivity index (χ3n) is 12.2. The molecule has 8 rings (SSSR count). The number of carbonyl (C=O) groups excluding carboxylic acids is 3. The minimum atomic E-state index is -1.61. The number of allylic oxidation sites excluding steroid dienone is 3. The molecule has 9 heteroatoms. The number of aliphatic hydroxyl groups excluding tert-OH is 1. The summed E-state index contributed by atoms with van der Waals surface area (Å²) >= 11 is 0. The number of aliphatic hydroxyl groups is 1. The first-order chi connectivity index (χ1) is 22.6. The van der Waals surface area contributed by atoms with Gasteiger partial charge in [0.1, 0.15) is 28.4 Å². The Balaban J connectivity index is 1.51. The first-order valence-corrected chi connectivity index (χ1v) is 17.0. The van der Waals surface area contributed by atoms with Crippen LogP contribution < -0.4 is 9.47 Å². The van der Waals surface area contributed by atoms with E-state index in [2.05, 4.69) is 13.5 Å². The monoisotopic (exact) mass is 658 g/mol. The van der Waals surface area contributed by atoms with Gasteiger partial charge >= 0.3 is 5.97 Å². The van der Waals surface area contributed by atoms with Crippen LogP contribution in [-0.2, 0) is 25.5 Å². The fraction of sp³-hybridized carbons (Fsp3) is 0.564. The van der Waals surface area contributed by atoms with Crippen molar-refractivity contribution in [3.63, 3.8) is 0 Å². The first kappa shape index (κ1) is 32.8. The molecule has 7 aliphatic rings. The highest BCUT2D eigenvalue weighted by Gasteiger charge is 2.81. The molecule has 1 aromatic carbocycles. The molecule has 0 radical (unpaired) electrons. The second-order valence-corrected chi connectivity index (χ2v) is 15.7. The van der Waals surface area contributed by atoms with Crippen LogP contribution in [0.3, 0.4) is 0 Å². The van der Waals surface area contributed by atoms with Crippen LogP contribution in [0.25, 0.3) is 0 Å². The maximum absolute atomic E-state index is 15.0. The predicted octanol–water partition coefficient (Wildman–Crippen LogP) is 6.00. The summed E-state index contributed by atoms with van der Waals surface area (Å²) in [5.41, 5.74) is -0.850. The number of carbonyl (C=O) groups is 3. The van der Waals surface area contributed by atoms with E-state index in [1.807, 2.05) is 33.8 Å². The largest absolute Gasteiger partial charge is 0.507 e. The van der Waals surface area contributed by atoms with Crippen LogP contribution in [0.5, 0.6) is 17.2 Å². The quantitative estimate of drug-likeness (QED) is 0.206. The summed E-state index contributed by atoms with van der Waals surface area (Å²) < 4.78 is 25.8. The number of methoxy groups -OCH3 is 1. The Labute approximate surface area is 281 Å². The fourth-order valence-corrected chi connectivity index (χ4v) is 9.85. The Bertz CT molecular complexity index is 1780. The molecule has 0 aromatic heterocycles. The van der Waals surface area contributed by atoms with Crippen LogP contribution in [0, 0.1) is 17.8 Å². The minimum absolute atomic E-state index is 0.00410. The molecule has 4 aliphatic carbocycles. The normalized spacial score (nSPS) is 35.5. The number of benzene rings is 1. The first-order valence-electron chi connectivity index (χ1n) is 17.0. The van der Waals surface area contributed by atoms with Gasteiger partial charge in [-0.2, -0.15) is 0 Å². The van der Waals surface area contributed by atoms with Gasteiger partial charge < -0.3 is 29.2 Å². The summed E-state index contributed by atoms with van der Waals surface area (Å²) in [6.45, 7) is 15.5. The SMILES string of the molecule is C=C(C)C1CC[C@]2(C)CC1c1c(O)c3c(c(C/C=C(\C)CO)c1O2)O[C@]12C(=C[C@@H]4C[C@@H]1C(C)(C)O[C@@]2(C/C=C(/C)C(=O)OC)C4=O)C3=O. The number of hydrogen-bond acceptors (Lipinski definition) is 9. The van der Waals surface area contributed by atoms with Gasteiger partial charge in [-0.1, -0.05) is 36.0 Å². The molecular formula is C39H46O9. The maximum atomic E-state index is 15.0. The summed E-state index contributed by atoms with van der Waals surface area (Å²) in [4.78, 5) is 41.9. The van der Waals surface area contributed by atoms with E-state index in [4.69, 9.17) is 18.9 Å². The number of esters is 1. The second-order valence-electron chi connectivity index (χ2n) is 15.7. The number of phenolic OH excluding ortho intramolecular Hbond substituents is 1. The topological polar surface area (TPSA) is 129 Å². The van der Waals surface area contributed by atoms with E-state index in [0.29, 0.717) is 40.9 Å². The molecule has 2 saturated carbocycles. The molecule has 256 valence electrons. The molecule has 1 aromatic rings. The third kappa shape index (κ3) is 4.19. The van der Waals surface area contributed by atoms with Crippen LogP contribution in [0.1, 0.15) is 101 Å². The molecule has 9 nitrogen and oxygen atoms in total. The summed E-state index contributed by atoms with van der Waals surface area (Å²) in [7, 11) is 1.30. The lowest BCUT2D eigenvalue weighted by Gasteiger charge is -2.56. The molecule has 2 N–H and O–H groups in total. The van der Waals surface area contributed by atoms with Gasteiger partial charge in [-0.3, -0.25) is 9.59 Å². The molecule has 0 amide bonds. The molecule has 1 spiro atoms. The van der Waals surface area contributed by atoms with Crippen molar-refractivity contribution in [1.82, 2.24) is 0 Å². The summed E-state index contributed by atoms with van der Waals surface area (Å²) in [5, 5.41) is 22.1. The van der Waals surface area contributed by atoms with Crippen LogP contribution in [0.2, 0.25) is 0 Å². The van der Waals surface area contributed by atoms with Crippen molar-refractivity contribution in [2.75, 3.05) is 13.7 Å². The maximum Gasteiger partial charge on any atom is 0.333 e. The van der Waals surface area contributed by atoms with Gasteiger partial charge in [0.05, 0.1) is 19.3 Å². The van der Waals surface area contributed by atoms with Crippen LogP contribution >= 0.6 is 0 Å². The predicted molar refractivity (Wildman–Crippen MR) is 177 cm³/mol. The zero-order chi connectivity index (χ0) is 34.7. The molecule has 3 fully saturated rings. The van der Waals surface area contributed by atoms with Gasteiger partial charge in [0.2, 0.25) is 0 Å². The number of Topliss-reactive ketones (excluding diaryl/α,β-unsaturated/α-hetero) is 2. The molecule has 3 aliphatic heterocycles. The Morgan fingerprint density at radius 3 is 2.52 bits per heavy atom. The molecule has 1 saturated heterocycles. The van der Waals surface area contributed by atoms with Crippen molar-refractivity contribution in [3.05, 3.63) is 63.8 Å². The van der Waals surface area contributed by atoms with Gasteiger partial charge in [0.25, 0.3) is 0 Å². The molecular weight excluding hydrogens is 612 g/mol. The van der Waals surface area contributed by atoms with Crippen molar-refractivity contribution >= 4 is 17.5 Å². The zero-order valence-corrected chi connectivity index (χ0v) is 29.0. The van der Waals surface area contributed by atoms with Crippen LogP contribution in [-0.4, -0.2) is 63.9 Å². The Morgan fingerprint density at radius 2 is 1.85 bits per heavy atom. The van der Waals surface area contributed by atoms with Crippen molar-refractivity contribution in [1.29, 1.82) is 0 Å². The number of phenols is 1.